The van der Waals surface area contributed by atoms with E-state index in [-0.39, 0.29) is 0 Å². The van der Waals surface area contributed by atoms with E-state index in [0.29, 0.717) is 11.1 Å². The topological polar surface area (TPSA) is 18.5 Å². The predicted octanol–water partition coefficient (Wildman–Crippen LogP) is 4.34. The zero-order chi connectivity index (χ0) is 18.4. The van der Waals surface area contributed by atoms with E-state index in [2.05, 4.69) is 101 Å². The minimum atomic E-state index is -2.71. The Balaban J connectivity index is 2.62. The van der Waals surface area contributed by atoms with Crippen LogP contribution in [0.25, 0.3) is 0 Å². The molecular formula is C20H30O2Si3. The summed E-state index contributed by atoms with van der Waals surface area (Å²) >= 11 is 0. The predicted molar refractivity (Wildman–Crippen MR) is 114 cm³/mol. The van der Waals surface area contributed by atoms with E-state index < -0.39 is 26.6 Å². The van der Waals surface area contributed by atoms with Crippen molar-refractivity contribution < 1.29 is 8.23 Å². The highest BCUT2D eigenvalue weighted by Gasteiger charge is 2.46. The molecule has 0 saturated heterocycles. The van der Waals surface area contributed by atoms with E-state index >= 15 is 0 Å². The maximum Gasteiger partial charge on any atom is 0.386 e. The molecule has 0 bridgehead atoms. The normalized spacial score (nSPS) is 12.6. The summed E-state index contributed by atoms with van der Waals surface area (Å²) in [6, 6.07) is 21.3. The Kier molecular flexibility index (Phi) is 7.39. The molecule has 0 aliphatic carbocycles. The van der Waals surface area contributed by atoms with Gasteiger partial charge in [-0.3, -0.25) is 0 Å². The average Bonchev–Trinajstić information content (AvgIpc) is 2.59. The fourth-order valence-electron chi connectivity index (χ4n) is 3.09. The molecule has 0 spiro atoms. The van der Waals surface area contributed by atoms with Gasteiger partial charge < -0.3 is 8.23 Å². The fourth-order valence-corrected chi connectivity index (χ4v) is 14.0. The molecule has 2 aromatic rings. The summed E-state index contributed by atoms with van der Waals surface area (Å²) in [6.07, 6.45) is 0. The van der Waals surface area contributed by atoms with Crippen LogP contribution in [0.5, 0.6) is 0 Å². The number of benzene rings is 2. The third-order valence-electron chi connectivity index (χ3n) is 4.06. The van der Waals surface area contributed by atoms with Crippen LogP contribution < -0.4 is 10.4 Å². The Morgan fingerprint density at radius 1 is 0.680 bits per heavy atom. The lowest BCUT2D eigenvalue weighted by molar-refractivity contribution is 0.417. The van der Waals surface area contributed by atoms with E-state index in [1.165, 1.54) is 10.4 Å². The van der Waals surface area contributed by atoms with Gasteiger partial charge in [0.15, 0.2) is 9.04 Å². The Labute approximate surface area is 157 Å². The van der Waals surface area contributed by atoms with Gasteiger partial charge in [-0.05, 0) is 34.5 Å². The number of hydrogen-bond acceptors (Lipinski definition) is 2. The van der Waals surface area contributed by atoms with Crippen molar-refractivity contribution in [1.82, 2.24) is 0 Å². The first kappa shape index (κ1) is 20.3. The van der Waals surface area contributed by atoms with Gasteiger partial charge in [-0.1, -0.05) is 88.4 Å². The summed E-state index contributed by atoms with van der Waals surface area (Å²) < 4.78 is 13.9. The molecule has 0 aliphatic rings. The second kappa shape index (κ2) is 9.09. The van der Waals surface area contributed by atoms with Crippen molar-refractivity contribution in [2.24, 2.45) is 0 Å². The largest absolute Gasteiger partial charge is 0.430 e. The quantitative estimate of drug-likeness (QED) is 0.628. The molecule has 134 valence electrons. The molecule has 0 aliphatic heterocycles. The van der Waals surface area contributed by atoms with Gasteiger partial charge in [0.1, 0.15) is 0 Å². The molecule has 5 heteroatoms. The summed E-state index contributed by atoms with van der Waals surface area (Å²) in [5.74, 6) is 0. The van der Waals surface area contributed by atoms with Gasteiger partial charge in [-0.15, -0.1) is 0 Å². The molecule has 2 rings (SSSR count). The molecule has 0 atom stereocenters. The van der Waals surface area contributed by atoms with Gasteiger partial charge in [-0.2, -0.15) is 0 Å². The lowest BCUT2D eigenvalue weighted by Crippen LogP contribution is -2.67. The summed E-state index contributed by atoms with van der Waals surface area (Å²) in [6.45, 7) is 13.6. The zero-order valence-electron chi connectivity index (χ0n) is 16.2. The molecule has 0 fully saturated rings. The molecule has 0 N–H and O–H groups in total. The lowest BCUT2D eigenvalue weighted by atomic mass is 10.4. The van der Waals surface area contributed by atoms with E-state index in [1.54, 1.807) is 0 Å². The maximum atomic E-state index is 7.09. The summed E-state index contributed by atoms with van der Waals surface area (Å²) in [5.41, 5.74) is 1.08. The van der Waals surface area contributed by atoms with Crippen LogP contribution in [0.1, 0.15) is 27.7 Å². The summed E-state index contributed by atoms with van der Waals surface area (Å²) in [4.78, 5) is 0. The highest BCUT2D eigenvalue weighted by atomic mass is 28.5. The highest BCUT2D eigenvalue weighted by molar-refractivity contribution is 6.99. The van der Waals surface area contributed by atoms with Crippen molar-refractivity contribution in [1.29, 1.82) is 0 Å². The second-order valence-electron chi connectivity index (χ2n) is 7.17. The van der Waals surface area contributed by atoms with Crippen molar-refractivity contribution in [3.8, 4) is 0 Å². The summed E-state index contributed by atoms with van der Waals surface area (Å²) in [5, 5.41) is 2.44. The highest BCUT2D eigenvalue weighted by Crippen LogP contribution is 2.25. The molecule has 0 amide bonds. The van der Waals surface area contributed by atoms with E-state index in [9.17, 15) is 0 Å². The van der Waals surface area contributed by atoms with E-state index in [4.69, 9.17) is 8.23 Å². The molecule has 2 aromatic carbocycles. The molecule has 2 radical (unpaired) electrons. The van der Waals surface area contributed by atoms with Crippen molar-refractivity contribution in [3.63, 3.8) is 0 Å². The van der Waals surface area contributed by atoms with Gasteiger partial charge >= 0.3 is 8.56 Å². The Hall–Kier alpha value is -0.989. The SMILES string of the molecule is CC(C)[Si](O[Si](O[Si](C)C)(c1ccccc1)c1ccccc1)C(C)C. The average molecular weight is 387 g/mol. The van der Waals surface area contributed by atoms with Crippen LogP contribution in [0.2, 0.25) is 24.2 Å². The molecule has 0 unspecified atom stereocenters. The lowest BCUT2D eigenvalue weighted by Gasteiger charge is -2.38. The van der Waals surface area contributed by atoms with Gasteiger partial charge in [0.25, 0.3) is 0 Å². The first-order valence-electron chi connectivity index (χ1n) is 9.02. The zero-order valence-corrected chi connectivity index (χ0v) is 19.2. The molecule has 25 heavy (non-hydrogen) atoms. The van der Waals surface area contributed by atoms with Crippen LogP contribution in [0.15, 0.2) is 60.7 Å². The third-order valence-corrected chi connectivity index (χ3v) is 13.4. The smallest absolute Gasteiger partial charge is 0.386 e. The second-order valence-corrected chi connectivity index (χ2v) is 16.1. The number of hydrogen-bond donors (Lipinski definition) is 0. The molecular weight excluding hydrogens is 356 g/mol. The first-order valence-corrected chi connectivity index (χ1v) is 14.8. The van der Waals surface area contributed by atoms with Crippen molar-refractivity contribution in [3.05, 3.63) is 60.7 Å². The van der Waals surface area contributed by atoms with E-state index in [0.717, 1.165) is 0 Å². The molecule has 0 saturated carbocycles. The van der Waals surface area contributed by atoms with Gasteiger partial charge in [0, 0.05) is 0 Å². The minimum Gasteiger partial charge on any atom is -0.430 e. The van der Waals surface area contributed by atoms with Crippen LogP contribution in [0.3, 0.4) is 0 Å². The standard InChI is InChI=1S/C20H30O2Si3/c1-17(2)24(18(3)4)22-25(21-23(5)6,19-13-9-7-10-14-19)20-15-11-8-12-16-20/h7-18H,1-6H3. The Morgan fingerprint density at radius 2 is 1.08 bits per heavy atom. The van der Waals surface area contributed by atoms with Gasteiger partial charge in [-0.25, -0.2) is 0 Å². The minimum absolute atomic E-state index is 0.539. The monoisotopic (exact) mass is 386 g/mol. The van der Waals surface area contributed by atoms with E-state index in [1.807, 2.05) is 0 Å². The molecule has 0 heterocycles. The van der Waals surface area contributed by atoms with Crippen molar-refractivity contribution in [2.75, 3.05) is 0 Å². The molecule has 2 nitrogen and oxygen atoms in total. The summed E-state index contributed by atoms with van der Waals surface area (Å²) in [7, 11) is -4.66. The Bertz CT molecular complexity index is 582. The molecule has 0 aromatic heterocycles. The maximum absolute atomic E-state index is 7.09. The number of rotatable bonds is 8. The van der Waals surface area contributed by atoms with Crippen molar-refractivity contribution >= 4 is 37.0 Å². The van der Waals surface area contributed by atoms with Crippen LogP contribution in [-0.2, 0) is 8.23 Å². The van der Waals surface area contributed by atoms with Crippen LogP contribution in [0, 0.1) is 0 Å². The first-order chi connectivity index (χ1) is 11.9. The Morgan fingerprint density at radius 3 is 1.40 bits per heavy atom. The third kappa shape index (κ3) is 5.01. The van der Waals surface area contributed by atoms with Crippen LogP contribution in [-0.4, -0.2) is 26.6 Å². The van der Waals surface area contributed by atoms with Gasteiger partial charge in [0.05, 0.1) is 0 Å². The van der Waals surface area contributed by atoms with Crippen molar-refractivity contribution in [2.45, 2.75) is 51.9 Å². The van der Waals surface area contributed by atoms with Crippen LogP contribution in [0.4, 0.5) is 0 Å². The fraction of sp³-hybridized carbons (Fsp3) is 0.400. The van der Waals surface area contributed by atoms with Crippen LogP contribution >= 0.6 is 0 Å². The van der Waals surface area contributed by atoms with Gasteiger partial charge in [0.2, 0.25) is 9.04 Å².